The number of nitrogens with zero attached hydrogens (tertiary/aromatic N) is 2. The summed E-state index contributed by atoms with van der Waals surface area (Å²) in [5, 5.41) is 16.5. The SMILES string of the molecule is CC1CCC(C(=O)O)CN1Cc1csc(-c2ccsc2)n1. The molecule has 1 N–H and O–H groups in total. The first kappa shape index (κ1) is 14.7. The van der Waals surface area contributed by atoms with Crippen molar-refractivity contribution in [2.75, 3.05) is 6.54 Å². The van der Waals surface area contributed by atoms with Gasteiger partial charge in [0.1, 0.15) is 5.01 Å². The Morgan fingerprint density at radius 1 is 1.48 bits per heavy atom. The van der Waals surface area contributed by atoms with Crippen molar-refractivity contribution in [2.45, 2.75) is 32.4 Å². The molecule has 0 amide bonds. The summed E-state index contributed by atoms with van der Waals surface area (Å²) >= 11 is 3.33. The Labute approximate surface area is 132 Å². The van der Waals surface area contributed by atoms with E-state index < -0.39 is 5.97 Å². The molecule has 2 aromatic heterocycles. The zero-order valence-electron chi connectivity index (χ0n) is 11.9. The van der Waals surface area contributed by atoms with E-state index in [0.717, 1.165) is 30.1 Å². The fourth-order valence-corrected chi connectivity index (χ4v) is 4.23. The number of carbonyl (C=O) groups is 1. The quantitative estimate of drug-likeness (QED) is 0.935. The van der Waals surface area contributed by atoms with Crippen LogP contribution in [0.15, 0.2) is 22.2 Å². The smallest absolute Gasteiger partial charge is 0.307 e. The lowest BCUT2D eigenvalue weighted by Gasteiger charge is -2.35. The van der Waals surface area contributed by atoms with Crippen molar-refractivity contribution in [3.8, 4) is 10.6 Å². The van der Waals surface area contributed by atoms with Crippen molar-refractivity contribution < 1.29 is 9.90 Å². The number of hydrogen-bond acceptors (Lipinski definition) is 5. The van der Waals surface area contributed by atoms with Gasteiger partial charge in [0.15, 0.2) is 0 Å². The van der Waals surface area contributed by atoms with Crippen LogP contribution in [-0.2, 0) is 11.3 Å². The average molecular weight is 322 g/mol. The topological polar surface area (TPSA) is 53.4 Å². The minimum absolute atomic E-state index is 0.240. The van der Waals surface area contributed by atoms with Crippen LogP contribution in [0, 0.1) is 5.92 Å². The number of thiophene rings is 1. The van der Waals surface area contributed by atoms with E-state index in [0.29, 0.717) is 12.6 Å². The van der Waals surface area contributed by atoms with Gasteiger partial charge in [0.25, 0.3) is 0 Å². The van der Waals surface area contributed by atoms with Gasteiger partial charge in [-0.05, 0) is 31.2 Å². The van der Waals surface area contributed by atoms with Gasteiger partial charge in [0, 0.05) is 35.5 Å². The molecule has 2 unspecified atom stereocenters. The van der Waals surface area contributed by atoms with Gasteiger partial charge in [-0.1, -0.05) is 0 Å². The molecule has 6 heteroatoms. The third-order valence-electron chi connectivity index (χ3n) is 4.05. The van der Waals surface area contributed by atoms with E-state index in [1.54, 1.807) is 22.7 Å². The molecule has 3 heterocycles. The van der Waals surface area contributed by atoms with E-state index in [2.05, 4.69) is 39.0 Å². The van der Waals surface area contributed by atoms with Crippen LogP contribution >= 0.6 is 22.7 Å². The number of thiazole rings is 1. The van der Waals surface area contributed by atoms with Crippen molar-refractivity contribution >= 4 is 28.6 Å². The average Bonchev–Trinajstić information content (AvgIpc) is 3.11. The van der Waals surface area contributed by atoms with Gasteiger partial charge in [-0.25, -0.2) is 4.98 Å². The zero-order valence-corrected chi connectivity index (χ0v) is 13.5. The van der Waals surface area contributed by atoms with Crippen LogP contribution in [0.4, 0.5) is 0 Å². The number of aliphatic carboxylic acids is 1. The number of hydrogen-bond donors (Lipinski definition) is 1. The van der Waals surface area contributed by atoms with Gasteiger partial charge in [0.2, 0.25) is 0 Å². The monoisotopic (exact) mass is 322 g/mol. The molecule has 4 nitrogen and oxygen atoms in total. The van der Waals surface area contributed by atoms with Crippen LogP contribution < -0.4 is 0 Å². The summed E-state index contributed by atoms with van der Waals surface area (Å²) in [6, 6.07) is 2.50. The highest BCUT2D eigenvalue weighted by molar-refractivity contribution is 7.14. The molecule has 0 radical (unpaired) electrons. The Bertz CT molecular complexity index is 609. The molecule has 0 aliphatic carbocycles. The second-order valence-electron chi connectivity index (χ2n) is 5.55. The number of carboxylic acid groups (broad SMARTS) is 1. The molecule has 1 saturated heterocycles. The molecule has 0 bridgehead atoms. The van der Waals surface area contributed by atoms with Gasteiger partial charge < -0.3 is 5.11 Å². The maximum absolute atomic E-state index is 11.2. The summed E-state index contributed by atoms with van der Waals surface area (Å²) in [5.41, 5.74) is 2.21. The van der Waals surface area contributed by atoms with Crippen molar-refractivity contribution in [3.63, 3.8) is 0 Å². The largest absolute Gasteiger partial charge is 0.481 e. The molecule has 1 fully saturated rings. The summed E-state index contributed by atoms with van der Waals surface area (Å²) in [7, 11) is 0. The lowest BCUT2D eigenvalue weighted by Crippen LogP contribution is -2.43. The number of aromatic nitrogens is 1. The maximum Gasteiger partial charge on any atom is 0.307 e. The summed E-state index contributed by atoms with van der Waals surface area (Å²) in [4.78, 5) is 18.1. The predicted octanol–water partition coefficient (Wildman–Crippen LogP) is 3.56. The normalized spacial score (nSPS) is 23.3. The Kier molecular flexibility index (Phi) is 4.37. The van der Waals surface area contributed by atoms with Crippen LogP contribution in [0.5, 0.6) is 0 Å². The van der Waals surface area contributed by atoms with Gasteiger partial charge in [0.05, 0.1) is 11.6 Å². The summed E-state index contributed by atoms with van der Waals surface area (Å²) in [6.45, 7) is 3.54. The van der Waals surface area contributed by atoms with Crippen LogP contribution in [0.1, 0.15) is 25.5 Å². The fraction of sp³-hybridized carbons (Fsp3) is 0.467. The third kappa shape index (κ3) is 3.33. The van der Waals surface area contributed by atoms with Crippen LogP contribution in [0.25, 0.3) is 10.6 Å². The number of rotatable bonds is 4. The van der Waals surface area contributed by atoms with Crippen molar-refractivity contribution in [3.05, 3.63) is 27.9 Å². The molecule has 3 rings (SSSR count). The lowest BCUT2D eigenvalue weighted by molar-refractivity contribution is -0.144. The number of likely N-dealkylation sites (tertiary alicyclic amines) is 1. The first-order valence-corrected chi connectivity index (χ1v) is 8.89. The number of carboxylic acids is 1. The van der Waals surface area contributed by atoms with Crippen LogP contribution in [0.3, 0.4) is 0 Å². The van der Waals surface area contributed by atoms with E-state index in [-0.39, 0.29) is 5.92 Å². The highest BCUT2D eigenvalue weighted by atomic mass is 32.1. The van der Waals surface area contributed by atoms with E-state index >= 15 is 0 Å². The molecule has 0 spiro atoms. The second-order valence-corrected chi connectivity index (χ2v) is 7.19. The predicted molar refractivity (Wildman–Crippen MR) is 85.7 cm³/mol. The van der Waals surface area contributed by atoms with Crippen LogP contribution in [-0.4, -0.2) is 33.5 Å². The third-order valence-corrected chi connectivity index (χ3v) is 5.67. The van der Waals surface area contributed by atoms with Gasteiger partial charge in [-0.3, -0.25) is 9.69 Å². The highest BCUT2D eigenvalue weighted by Gasteiger charge is 2.29. The molecular weight excluding hydrogens is 304 g/mol. The van der Waals surface area contributed by atoms with Crippen molar-refractivity contribution in [1.82, 2.24) is 9.88 Å². The molecular formula is C15H18N2O2S2. The summed E-state index contributed by atoms with van der Waals surface area (Å²) < 4.78 is 0. The molecule has 2 aromatic rings. The van der Waals surface area contributed by atoms with Gasteiger partial charge in [-0.15, -0.1) is 11.3 Å². The van der Waals surface area contributed by atoms with Gasteiger partial charge >= 0.3 is 5.97 Å². The van der Waals surface area contributed by atoms with E-state index in [9.17, 15) is 9.90 Å². The lowest BCUT2D eigenvalue weighted by atomic mass is 9.93. The molecule has 0 saturated carbocycles. The minimum atomic E-state index is -0.677. The molecule has 1 aliphatic heterocycles. The van der Waals surface area contributed by atoms with Crippen molar-refractivity contribution in [2.24, 2.45) is 5.92 Å². The minimum Gasteiger partial charge on any atom is -0.481 e. The first-order valence-electron chi connectivity index (χ1n) is 7.07. The molecule has 112 valence electrons. The molecule has 1 aliphatic rings. The Hall–Kier alpha value is -1.24. The van der Waals surface area contributed by atoms with E-state index in [1.807, 2.05) is 0 Å². The molecule has 0 aromatic carbocycles. The highest BCUT2D eigenvalue weighted by Crippen LogP contribution is 2.28. The zero-order chi connectivity index (χ0) is 14.8. The first-order chi connectivity index (χ1) is 10.1. The molecule has 21 heavy (non-hydrogen) atoms. The van der Waals surface area contributed by atoms with Crippen molar-refractivity contribution in [1.29, 1.82) is 0 Å². The summed E-state index contributed by atoms with van der Waals surface area (Å²) in [6.07, 6.45) is 1.72. The van der Waals surface area contributed by atoms with Gasteiger partial charge in [-0.2, -0.15) is 11.3 Å². The second kappa shape index (κ2) is 6.25. The number of piperidine rings is 1. The Balaban J connectivity index is 1.69. The fourth-order valence-electron chi connectivity index (χ4n) is 2.71. The summed E-state index contributed by atoms with van der Waals surface area (Å²) in [5.74, 6) is -0.916. The Morgan fingerprint density at radius 3 is 3.05 bits per heavy atom. The Morgan fingerprint density at radius 2 is 2.33 bits per heavy atom. The maximum atomic E-state index is 11.2. The molecule has 2 atom stereocenters. The standard InChI is InChI=1S/C15H18N2O2S2/c1-10-2-3-11(15(18)19)6-17(10)7-13-9-21-14(16-13)12-4-5-20-8-12/h4-5,8-11H,2-3,6-7H2,1H3,(H,18,19). The van der Waals surface area contributed by atoms with Crippen LogP contribution in [0.2, 0.25) is 0 Å². The van der Waals surface area contributed by atoms with E-state index in [4.69, 9.17) is 0 Å². The van der Waals surface area contributed by atoms with E-state index in [1.165, 1.54) is 5.56 Å².